The first-order valence-corrected chi connectivity index (χ1v) is 12.1. The van der Waals surface area contributed by atoms with Crippen LogP contribution in [0, 0.1) is 0 Å². The highest BCUT2D eigenvalue weighted by molar-refractivity contribution is 5.96. The zero-order valence-electron chi connectivity index (χ0n) is 19.8. The Balaban J connectivity index is 1.24. The average Bonchev–Trinajstić information content (AvgIpc) is 3.38. The predicted octanol–water partition coefficient (Wildman–Crippen LogP) is 3.55. The van der Waals surface area contributed by atoms with Crippen LogP contribution in [0.3, 0.4) is 0 Å². The van der Waals surface area contributed by atoms with Gasteiger partial charge in [0.2, 0.25) is 5.91 Å². The lowest BCUT2D eigenvalue weighted by atomic mass is 9.92. The number of ether oxygens (including phenoxy) is 1. The van der Waals surface area contributed by atoms with Crippen molar-refractivity contribution in [3.8, 4) is 0 Å². The summed E-state index contributed by atoms with van der Waals surface area (Å²) in [6.45, 7) is 5.00. The van der Waals surface area contributed by atoms with E-state index in [-0.39, 0.29) is 18.1 Å². The Labute approximate surface area is 199 Å². The van der Waals surface area contributed by atoms with E-state index < -0.39 is 6.09 Å². The summed E-state index contributed by atoms with van der Waals surface area (Å²) in [6.07, 6.45) is 9.08. The third-order valence-corrected chi connectivity index (χ3v) is 6.43. The highest BCUT2D eigenvalue weighted by Gasteiger charge is 2.39. The third-order valence-electron chi connectivity index (χ3n) is 6.43. The van der Waals surface area contributed by atoms with Crippen molar-refractivity contribution in [3.63, 3.8) is 0 Å². The zero-order valence-corrected chi connectivity index (χ0v) is 19.8. The number of nitrogens with zero attached hydrogens (tertiary/aromatic N) is 5. The second-order valence-corrected chi connectivity index (χ2v) is 9.62. The fraction of sp³-hybridized carbons (Fsp3) is 0.462. The fourth-order valence-electron chi connectivity index (χ4n) is 4.74. The van der Waals surface area contributed by atoms with Gasteiger partial charge in [-0.05, 0) is 62.7 Å². The molecular weight excluding hydrogens is 430 g/mol. The standard InChI is InChI=1S/C26H31N5O3/c1-18(2)34-26(33)30-17-21-13-23(10-11-24(21)28-30)31(22-8-9-22)25(32)12-20-14-27-29(16-20)15-19-6-4-3-5-7-19/h3-7,12,14,17-18,22-23H,8-11,13,15-16H2,1-2H3/b20-12+. The van der Waals surface area contributed by atoms with Crippen molar-refractivity contribution in [1.29, 1.82) is 0 Å². The van der Waals surface area contributed by atoms with E-state index in [4.69, 9.17) is 4.74 Å². The molecule has 1 atom stereocenters. The molecule has 1 aliphatic heterocycles. The van der Waals surface area contributed by atoms with Crippen LogP contribution in [0.5, 0.6) is 0 Å². The number of aryl methyl sites for hydroxylation is 1. The number of aromatic nitrogens is 2. The molecule has 2 aliphatic carbocycles. The topological polar surface area (TPSA) is 80.0 Å². The Hall–Kier alpha value is -3.42. The van der Waals surface area contributed by atoms with Crippen molar-refractivity contribution >= 4 is 18.2 Å². The monoisotopic (exact) mass is 461 g/mol. The minimum Gasteiger partial charge on any atom is -0.445 e. The molecule has 1 saturated carbocycles. The molecule has 0 radical (unpaired) electrons. The quantitative estimate of drug-likeness (QED) is 0.615. The second kappa shape index (κ2) is 9.44. The Bertz CT molecular complexity index is 1120. The van der Waals surface area contributed by atoms with Gasteiger partial charge in [-0.1, -0.05) is 30.3 Å². The molecule has 0 spiro atoms. The highest BCUT2D eigenvalue weighted by Crippen LogP contribution is 2.34. The van der Waals surface area contributed by atoms with Gasteiger partial charge in [-0.2, -0.15) is 14.9 Å². The van der Waals surface area contributed by atoms with E-state index in [0.717, 1.165) is 49.1 Å². The van der Waals surface area contributed by atoms with Crippen molar-refractivity contribution in [3.05, 3.63) is 65.0 Å². The minimum atomic E-state index is -0.457. The lowest BCUT2D eigenvalue weighted by Crippen LogP contribution is -2.44. The van der Waals surface area contributed by atoms with Crippen LogP contribution >= 0.6 is 0 Å². The predicted molar refractivity (Wildman–Crippen MR) is 128 cm³/mol. The van der Waals surface area contributed by atoms with Gasteiger partial charge in [-0.25, -0.2) is 4.79 Å². The Morgan fingerprint density at radius 3 is 2.71 bits per heavy atom. The summed E-state index contributed by atoms with van der Waals surface area (Å²) in [5, 5.41) is 10.9. The first-order valence-electron chi connectivity index (χ1n) is 12.1. The molecule has 1 amide bonds. The molecule has 0 N–H and O–H groups in total. The third kappa shape index (κ3) is 5.05. The summed E-state index contributed by atoms with van der Waals surface area (Å²) in [5.74, 6) is 0.0607. The number of amides is 1. The average molecular weight is 462 g/mol. The minimum absolute atomic E-state index is 0.0607. The molecule has 5 rings (SSSR count). The number of benzene rings is 1. The molecule has 0 saturated heterocycles. The van der Waals surface area contributed by atoms with Gasteiger partial charge < -0.3 is 9.64 Å². The molecule has 2 heterocycles. The van der Waals surface area contributed by atoms with Crippen LogP contribution in [0.15, 0.2) is 53.3 Å². The van der Waals surface area contributed by atoms with E-state index in [1.165, 1.54) is 10.2 Å². The van der Waals surface area contributed by atoms with Crippen LogP contribution in [0.1, 0.15) is 49.9 Å². The van der Waals surface area contributed by atoms with Crippen molar-refractivity contribution in [2.75, 3.05) is 6.54 Å². The Morgan fingerprint density at radius 2 is 1.97 bits per heavy atom. The van der Waals surface area contributed by atoms with Crippen molar-refractivity contribution < 1.29 is 14.3 Å². The fourth-order valence-corrected chi connectivity index (χ4v) is 4.74. The van der Waals surface area contributed by atoms with Crippen LogP contribution in [0.4, 0.5) is 4.79 Å². The largest absolute Gasteiger partial charge is 0.445 e. The number of carbonyl (C=O) groups excluding carboxylic acids is 2. The van der Waals surface area contributed by atoms with Crippen LogP contribution in [-0.4, -0.2) is 62.6 Å². The highest BCUT2D eigenvalue weighted by atomic mass is 16.6. The van der Waals surface area contributed by atoms with E-state index >= 15 is 0 Å². The molecule has 8 heteroatoms. The lowest BCUT2D eigenvalue weighted by Gasteiger charge is -2.33. The van der Waals surface area contributed by atoms with Crippen LogP contribution in [-0.2, 0) is 28.9 Å². The molecule has 178 valence electrons. The molecule has 1 aromatic carbocycles. The molecular formula is C26H31N5O3. The van der Waals surface area contributed by atoms with Crippen molar-refractivity contribution in [1.82, 2.24) is 19.7 Å². The van der Waals surface area contributed by atoms with Gasteiger partial charge in [0.05, 0.1) is 31.1 Å². The normalized spacial score (nSPS) is 20.6. The van der Waals surface area contributed by atoms with Crippen LogP contribution in [0.25, 0.3) is 0 Å². The molecule has 1 aromatic heterocycles. The SMILES string of the molecule is CC(C)OC(=O)n1cc2c(n1)CCC(N(C(=O)/C=C1\C=NN(Cc3ccccc3)C1)C1CC1)C2. The smallest absolute Gasteiger partial charge is 0.434 e. The van der Waals surface area contributed by atoms with E-state index in [9.17, 15) is 9.59 Å². The van der Waals surface area contributed by atoms with Gasteiger partial charge in [0, 0.05) is 24.4 Å². The van der Waals surface area contributed by atoms with Crippen molar-refractivity contribution in [2.45, 2.75) is 70.7 Å². The molecule has 3 aliphatic rings. The number of carbonyl (C=O) groups is 2. The number of rotatable bonds is 6. The maximum Gasteiger partial charge on any atom is 0.434 e. The number of hydrogen-bond acceptors (Lipinski definition) is 6. The maximum absolute atomic E-state index is 13.4. The van der Waals surface area contributed by atoms with E-state index in [2.05, 4.69) is 27.2 Å². The molecule has 34 heavy (non-hydrogen) atoms. The van der Waals surface area contributed by atoms with Gasteiger partial charge >= 0.3 is 6.09 Å². The second-order valence-electron chi connectivity index (χ2n) is 9.62. The Morgan fingerprint density at radius 1 is 1.18 bits per heavy atom. The molecule has 8 nitrogen and oxygen atoms in total. The van der Waals surface area contributed by atoms with Crippen molar-refractivity contribution in [2.24, 2.45) is 5.10 Å². The van der Waals surface area contributed by atoms with Gasteiger partial charge in [0.15, 0.2) is 0 Å². The maximum atomic E-state index is 13.4. The van der Waals surface area contributed by atoms with Gasteiger partial charge in [0.25, 0.3) is 0 Å². The number of hydrogen-bond donors (Lipinski definition) is 0. The lowest BCUT2D eigenvalue weighted by molar-refractivity contribution is -0.129. The van der Waals surface area contributed by atoms with Crippen LogP contribution < -0.4 is 0 Å². The molecule has 1 unspecified atom stereocenters. The number of hydrazone groups is 1. The first kappa shape index (κ1) is 22.4. The molecule has 2 aromatic rings. The molecule has 0 bridgehead atoms. The summed E-state index contributed by atoms with van der Waals surface area (Å²) in [4.78, 5) is 27.7. The first-order chi connectivity index (χ1) is 16.5. The van der Waals surface area contributed by atoms with E-state index in [1.54, 1.807) is 18.5 Å². The van der Waals surface area contributed by atoms with Gasteiger partial charge in [-0.3, -0.25) is 9.80 Å². The summed E-state index contributed by atoms with van der Waals surface area (Å²) < 4.78 is 6.57. The van der Waals surface area contributed by atoms with E-state index in [1.807, 2.05) is 37.1 Å². The van der Waals surface area contributed by atoms with Gasteiger partial charge in [0.1, 0.15) is 0 Å². The van der Waals surface area contributed by atoms with Crippen LogP contribution in [0.2, 0.25) is 0 Å². The number of fused-ring (bicyclic) bond motifs is 1. The van der Waals surface area contributed by atoms with E-state index in [0.29, 0.717) is 19.0 Å². The Kier molecular flexibility index (Phi) is 6.22. The summed E-state index contributed by atoms with van der Waals surface area (Å²) >= 11 is 0. The summed E-state index contributed by atoms with van der Waals surface area (Å²) in [5.41, 5.74) is 4.09. The summed E-state index contributed by atoms with van der Waals surface area (Å²) in [7, 11) is 0. The molecule has 1 fully saturated rings. The zero-order chi connectivity index (χ0) is 23.7. The summed E-state index contributed by atoms with van der Waals surface area (Å²) in [6, 6.07) is 10.6. The van der Waals surface area contributed by atoms with Gasteiger partial charge in [-0.15, -0.1) is 0 Å².